The number of aromatic nitrogens is 2. The fourth-order valence-electron chi connectivity index (χ4n) is 1.38. The van der Waals surface area contributed by atoms with Crippen LogP contribution in [0.2, 0.25) is 0 Å². The highest BCUT2D eigenvalue weighted by molar-refractivity contribution is 5.90. The van der Waals surface area contributed by atoms with E-state index in [1.54, 1.807) is 13.0 Å². The summed E-state index contributed by atoms with van der Waals surface area (Å²) in [7, 11) is 1.42. The third kappa shape index (κ3) is 4.69. The number of amides is 2. The molecule has 0 aromatic carbocycles. The molecule has 1 aromatic heterocycles. The van der Waals surface area contributed by atoms with Gasteiger partial charge in [-0.2, -0.15) is 4.98 Å². The zero-order chi connectivity index (χ0) is 15.1. The van der Waals surface area contributed by atoms with E-state index in [4.69, 9.17) is 14.9 Å². The Balaban J connectivity index is 2.70. The van der Waals surface area contributed by atoms with E-state index < -0.39 is 18.0 Å². The standard InChI is InChI=1S/C11H16N4O5/c1-6-5-8(20-2)14-10(12-6)15-11(19)13-7(3-4-16)9(17)18/h5,7,16H,3-4H2,1-2H3,(H,17,18)(H2,12,13,14,15,19)/t7-/m1/s1. The van der Waals surface area contributed by atoms with Crippen LogP contribution in [0.5, 0.6) is 5.88 Å². The number of carbonyl (C=O) groups is 2. The summed E-state index contributed by atoms with van der Waals surface area (Å²) >= 11 is 0. The van der Waals surface area contributed by atoms with Crippen LogP contribution in [-0.2, 0) is 4.79 Å². The molecule has 0 aliphatic rings. The number of ether oxygens (including phenoxy) is 1. The van der Waals surface area contributed by atoms with Crippen molar-refractivity contribution in [1.29, 1.82) is 0 Å². The van der Waals surface area contributed by atoms with Crippen LogP contribution in [0, 0.1) is 6.92 Å². The van der Waals surface area contributed by atoms with Crippen LogP contribution in [0.1, 0.15) is 12.1 Å². The Morgan fingerprint density at radius 1 is 1.45 bits per heavy atom. The number of hydrogen-bond donors (Lipinski definition) is 4. The molecule has 1 atom stereocenters. The number of nitrogens with one attached hydrogen (secondary N) is 2. The van der Waals surface area contributed by atoms with E-state index in [9.17, 15) is 9.59 Å². The van der Waals surface area contributed by atoms with E-state index in [1.807, 2.05) is 0 Å². The zero-order valence-corrected chi connectivity index (χ0v) is 11.1. The largest absolute Gasteiger partial charge is 0.481 e. The van der Waals surface area contributed by atoms with Gasteiger partial charge in [-0.3, -0.25) is 5.32 Å². The van der Waals surface area contributed by atoms with Crippen molar-refractivity contribution in [3.8, 4) is 5.88 Å². The molecule has 9 nitrogen and oxygen atoms in total. The van der Waals surface area contributed by atoms with Crippen molar-refractivity contribution in [2.45, 2.75) is 19.4 Å². The molecule has 2 amide bonds. The lowest BCUT2D eigenvalue weighted by Crippen LogP contribution is -2.43. The molecule has 4 N–H and O–H groups in total. The monoisotopic (exact) mass is 284 g/mol. The number of carbonyl (C=O) groups excluding carboxylic acids is 1. The molecule has 0 aliphatic heterocycles. The van der Waals surface area contributed by atoms with Gasteiger partial charge >= 0.3 is 12.0 Å². The van der Waals surface area contributed by atoms with E-state index >= 15 is 0 Å². The average Bonchev–Trinajstić information content (AvgIpc) is 2.37. The Kier molecular flexibility index (Phi) is 5.66. The van der Waals surface area contributed by atoms with Gasteiger partial charge in [0.1, 0.15) is 6.04 Å². The lowest BCUT2D eigenvalue weighted by molar-refractivity contribution is -0.139. The summed E-state index contributed by atoms with van der Waals surface area (Å²) in [5, 5.41) is 22.1. The number of urea groups is 1. The molecule has 0 fully saturated rings. The summed E-state index contributed by atoms with van der Waals surface area (Å²) in [5.41, 5.74) is 0.581. The number of aliphatic carboxylic acids is 1. The highest BCUT2D eigenvalue weighted by atomic mass is 16.5. The molecule has 0 bridgehead atoms. The third-order valence-corrected chi connectivity index (χ3v) is 2.29. The van der Waals surface area contributed by atoms with Crippen LogP contribution in [0.4, 0.5) is 10.7 Å². The predicted molar refractivity (Wildman–Crippen MR) is 68.6 cm³/mol. The minimum atomic E-state index is -1.24. The number of carboxylic acid groups (broad SMARTS) is 1. The number of methoxy groups -OCH3 is 1. The molecule has 9 heteroatoms. The number of nitrogens with zero attached hydrogens (tertiary/aromatic N) is 2. The predicted octanol–water partition coefficient (Wildman–Crippen LogP) is -0.249. The summed E-state index contributed by atoms with van der Waals surface area (Å²) in [6.07, 6.45) is -0.0965. The van der Waals surface area contributed by atoms with E-state index in [1.165, 1.54) is 7.11 Å². The van der Waals surface area contributed by atoms with Gasteiger partial charge < -0.3 is 20.3 Å². The first kappa shape index (κ1) is 15.6. The maximum Gasteiger partial charge on any atom is 0.326 e. The van der Waals surface area contributed by atoms with Crippen molar-refractivity contribution in [2.75, 3.05) is 19.0 Å². The van der Waals surface area contributed by atoms with Gasteiger partial charge in [0.2, 0.25) is 11.8 Å². The Hall–Kier alpha value is -2.42. The highest BCUT2D eigenvalue weighted by Crippen LogP contribution is 2.10. The van der Waals surface area contributed by atoms with Crippen molar-refractivity contribution in [1.82, 2.24) is 15.3 Å². The number of rotatable bonds is 6. The van der Waals surface area contributed by atoms with Crippen LogP contribution >= 0.6 is 0 Å². The van der Waals surface area contributed by atoms with Gasteiger partial charge in [-0.05, 0) is 6.92 Å². The lowest BCUT2D eigenvalue weighted by atomic mass is 10.2. The summed E-state index contributed by atoms with van der Waals surface area (Å²) in [5.74, 6) is -0.970. The van der Waals surface area contributed by atoms with E-state index in [0.29, 0.717) is 5.69 Å². The lowest BCUT2D eigenvalue weighted by Gasteiger charge is -2.13. The second kappa shape index (κ2) is 7.24. The first-order chi connectivity index (χ1) is 9.46. The van der Waals surface area contributed by atoms with Crippen LogP contribution < -0.4 is 15.4 Å². The minimum Gasteiger partial charge on any atom is -0.481 e. The molecule has 0 saturated carbocycles. The Bertz CT molecular complexity index is 494. The molecular weight excluding hydrogens is 268 g/mol. The van der Waals surface area contributed by atoms with Crippen molar-refractivity contribution in [2.24, 2.45) is 0 Å². The molecule has 1 heterocycles. The van der Waals surface area contributed by atoms with Crippen LogP contribution in [-0.4, -0.2) is 51.9 Å². The zero-order valence-electron chi connectivity index (χ0n) is 11.1. The molecule has 1 aromatic rings. The first-order valence-electron chi connectivity index (χ1n) is 5.77. The first-order valence-corrected chi connectivity index (χ1v) is 5.77. The number of anilines is 1. The summed E-state index contributed by atoms with van der Waals surface area (Å²) in [6, 6.07) is -0.389. The van der Waals surface area contributed by atoms with Crippen molar-refractivity contribution < 1.29 is 24.5 Å². The topological polar surface area (TPSA) is 134 Å². The molecule has 110 valence electrons. The van der Waals surface area contributed by atoms with Crippen LogP contribution in [0.25, 0.3) is 0 Å². The van der Waals surface area contributed by atoms with Crippen molar-refractivity contribution >= 4 is 17.9 Å². The molecule has 0 unspecified atom stereocenters. The summed E-state index contributed by atoms with van der Waals surface area (Å²) < 4.78 is 4.93. The highest BCUT2D eigenvalue weighted by Gasteiger charge is 2.19. The van der Waals surface area contributed by atoms with E-state index in [-0.39, 0.29) is 24.9 Å². The normalized spacial score (nSPS) is 11.6. The average molecular weight is 284 g/mol. The van der Waals surface area contributed by atoms with Gasteiger partial charge in [-0.1, -0.05) is 0 Å². The maximum absolute atomic E-state index is 11.6. The van der Waals surface area contributed by atoms with E-state index in [2.05, 4.69) is 20.6 Å². The number of aryl methyl sites for hydroxylation is 1. The molecule has 1 rings (SSSR count). The molecule has 0 radical (unpaired) electrons. The maximum atomic E-state index is 11.6. The van der Waals surface area contributed by atoms with Gasteiger partial charge in [-0.15, -0.1) is 0 Å². The SMILES string of the molecule is COc1cc(C)nc(NC(=O)N[C@H](CCO)C(=O)O)n1. The Morgan fingerprint density at radius 2 is 2.15 bits per heavy atom. The van der Waals surface area contributed by atoms with Crippen LogP contribution in [0.3, 0.4) is 0 Å². The number of aliphatic hydroxyl groups is 1. The van der Waals surface area contributed by atoms with Crippen LogP contribution in [0.15, 0.2) is 6.07 Å². The molecule has 20 heavy (non-hydrogen) atoms. The van der Waals surface area contributed by atoms with Gasteiger partial charge in [0.05, 0.1) is 7.11 Å². The minimum absolute atomic E-state index is 0.00696. The Labute approximate surface area is 115 Å². The van der Waals surface area contributed by atoms with Gasteiger partial charge in [-0.25, -0.2) is 14.6 Å². The third-order valence-electron chi connectivity index (χ3n) is 2.29. The Morgan fingerprint density at radius 3 is 2.70 bits per heavy atom. The van der Waals surface area contributed by atoms with Crippen molar-refractivity contribution in [3.63, 3.8) is 0 Å². The quantitative estimate of drug-likeness (QED) is 0.566. The number of carboxylic acids is 1. The smallest absolute Gasteiger partial charge is 0.326 e. The van der Waals surface area contributed by atoms with Gasteiger partial charge in [0.15, 0.2) is 0 Å². The van der Waals surface area contributed by atoms with E-state index in [0.717, 1.165) is 0 Å². The molecule has 0 saturated heterocycles. The second-order valence-corrected chi connectivity index (χ2v) is 3.88. The number of aliphatic hydroxyl groups excluding tert-OH is 1. The van der Waals surface area contributed by atoms with Gasteiger partial charge in [0.25, 0.3) is 0 Å². The van der Waals surface area contributed by atoms with Gasteiger partial charge in [0, 0.05) is 24.8 Å². The van der Waals surface area contributed by atoms with Crippen molar-refractivity contribution in [3.05, 3.63) is 11.8 Å². The second-order valence-electron chi connectivity index (χ2n) is 3.88. The molecule has 0 aliphatic carbocycles. The fourth-order valence-corrected chi connectivity index (χ4v) is 1.38. The number of hydrogen-bond acceptors (Lipinski definition) is 6. The fraction of sp³-hybridized carbons (Fsp3) is 0.455. The molecular formula is C11H16N4O5. The summed E-state index contributed by atoms with van der Waals surface area (Å²) in [4.78, 5) is 30.3. The summed E-state index contributed by atoms with van der Waals surface area (Å²) in [6.45, 7) is 1.34. The molecule has 0 spiro atoms.